The normalized spacial score (nSPS) is 12.7. The number of aryl methyl sites for hydroxylation is 1. The average molecular weight is 360 g/mol. The maximum Gasteiger partial charge on any atom is 0.293 e. The molecule has 4 rings (SSSR count). The number of anilines is 2. The highest BCUT2D eigenvalue weighted by Crippen LogP contribution is 2.32. The van der Waals surface area contributed by atoms with E-state index in [0.717, 1.165) is 28.8 Å². The monoisotopic (exact) mass is 360 g/mol. The quantitative estimate of drug-likeness (QED) is 0.766. The van der Waals surface area contributed by atoms with Crippen LogP contribution in [0.25, 0.3) is 0 Å². The molecule has 0 spiro atoms. The van der Waals surface area contributed by atoms with Gasteiger partial charge in [0.25, 0.3) is 5.91 Å². The summed E-state index contributed by atoms with van der Waals surface area (Å²) in [5, 5.41) is 2.93. The molecule has 0 unspecified atom stereocenters. The molecule has 2 heterocycles. The second kappa shape index (κ2) is 7.11. The number of furan rings is 1. The van der Waals surface area contributed by atoms with Crippen LogP contribution < -0.4 is 10.2 Å². The number of fused-ring (bicyclic) bond motifs is 1. The number of rotatable bonds is 4. The van der Waals surface area contributed by atoms with Crippen molar-refractivity contribution in [1.82, 2.24) is 0 Å². The SMILES string of the molecule is Cc1cccc(CC(=O)Nc2ccc3c(c2)N(C(=O)c2ccco2)CC3)c1. The predicted molar refractivity (Wildman–Crippen MR) is 104 cm³/mol. The number of hydrogen-bond donors (Lipinski definition) is 1. The van der Waals surface area contributed by atoms with Crippen LogP contribution in [0, 0.1) is 6.92 Å². The van der Waals surface area contributed by atoms with Gasteiger partial charge in [-0.05, 0) is 48.7 Å². The van der Waals surface area contributed by atoms with Crippen LogP contribution in [0.2, 0.25) is 0 Å². The zero-order chi connectivity index (χ0) is 18.8. The van der Waals surface area contributed by atoms with Crippen LogP contribution in [0.1, 0.15) is 27.2 Å². The van der Waals surface area contributed by atoms with Gasteiger partial charge in [0, 0.05) is 17.9 Å². The van der Waals surface area contributed by atoms with Crippen LogP contribution in [0.15, 0.2) is 65.3 Å². The second-order valence-corrected chi connectivity index (χ2v) is 6.74. The molecule has 1 aliphatic rings. The van der Waals surface area contributed by atoms with Crippen molar-refractivity contribution >= 4 is 23.2 Å². The lowest BCUT2D eigenvalue weighted by molar-refractivity contribution is -0.115. The summed E-state index contributed by atoms with van der Waals surface area (Å²) in [5.41, 5.74) is 4.70. The highest BCUT2D eigenvalue weighted by molar-refractivity contribution is 6.06. The number of amides is 2. The number of benzene rings is 2. The summed E-state index contributed by atoms with van der Waals surface area (Å²) in [7, 11) is 0. The van der Waals surface area contributed by atoms with Crippen molar-refractivity contribution in [3.63, 3.8) is 0 Å². The Morgan fingerprint density at radius 1 is 1.11 bits per heavy atom. The van der Waals surface area contributed by atoms with Crippen molar-refractivity contribution < 1.29 is 14.0 Å². The van der Waals surface area contributed by atoms with E-state index in [1.165, 1.54) is 6.26 Å². The molecular formula is C22H20N2O3. The molecular weight excluding hydrogens is 340 g/mol. The molecule has 0 radical (unpaired) electrons. The van der Waals surface area contributed by atoms with E-state index in [-0.39, 0.29) is 11.8 Å². The Balaban J connectivity index is 1.50. The van der Waals surface area contributed by atoms with Crippen LogP contribution in [0.3, 0.4) is 0 Å². The van der Waals surface area contributed by atoms with E-state index in [0.29, 0.717) is 24.4 Å². The van der Waals surface area contributed by atoms with Gasteiger partial charge >= 0.3 is 0 Å². The van der Waals surface area contributed by atoms with E-state index < -0.39 is 0 Å². The smallest absolute Gasteiger partial charge is 0.293 e. The summed E-state index contributed by atoms with van der Waals surface area (Å²) in [4.78, 5) is 26.7. The first-order chi connectivity index (χ1) is 13.1. The largest absolute Gasteiger partial charge is 0.459 e. The molecule has 1 N–H and O–H groups in total. The summed E-state index contributed by atoms with van der Waals surface area (Å²) in [5.74, 6) is 0.0705. The van der Waals surface area contributed by atoms with E-state index in [1.807, 2.05) is 49.4 Å². The highest BCUT2D eigenvalue weighted by Gasteiger charge is 2.27. The van der Waals surface area contributed by atoms with E-state index in [1.54, 1.807) is 17.0 Å². The molecule has 0 saturated heterocycles. The van der Waals surface area contributed by atoms with E-state index in [2.05, 4.69) is 5.32 Å². The minimum atomic E-state index is -0.165. The Bertz CT molecular complexity index is 993. The highest BCUT2D eigenvalue weighted by atomic mass is 16.3. The third-order valence-electron chi connectivity index (χ3n) is 4.69. The number of hydrogen-bond acceptors (Lipinski definition) is 3. The lowest BCUT2D eigenvalue weighted by atomic mass is 10.1. The summed E-state index contributed by atoms with van der Waals surface area (Å²) >= 11 is 0. The number of carbonyl (C=O) groups excluding carboxylic acids is 2. The minimum Gasteiger partial charge on any atom is -0.459 e. The summed E-state index contributed by atoms with van der Waals surface area (Å²) in [6.45, 7) is 2.61. The zero-order valence-corrected chi connectivity index (χ0v) is 15.1. The Hall–Kier alpha value is -3.34. The van der Waals surface area contributed by atoms with Gasteiger partial charge in [-0.2, -0.15) is 0 Å². The Kier molecular flexibility index (Phi) is 4.50. The van der Waals surface area contributed by atoms with Gasteiger partial charge in [-0.25, -0.2) is 0 Å². The van der Waals surface area contributed by atoms with Crippen molar-refractivity contribution in [2.24, 2.45) is 0 Å². The number of carbonyl (C=O) groups is 2. The van der Waals surface area contributed by atoms with Gasteiger partial charge < -0.3 is 14.6 Å². The fourth-order valence-corrected chi connectivity index (χ4v) is 3.41. The van der Waals surface area contributed by atoms with Gasteiger partial charge in [-0.15, -0.1) is 0 Å². The molecule has 136 valence electrons. The third kappa shape index (κ3) is 3.62. The summed E-state index contributed by atoms with van der Waals surface area (Å²) in [6, 6.07) is 17.0. The summed E-state index contributed by atoms with van der Waals surface area (Å²) in [6.07, 6.45) is 2.60. The van der Waals surface area contributed by atoms with Gasteiger partial charge in [0.15, 0.2) is 5.76 Å². The maximum atomic E-state index is 12.6. The van der Waals surface area contributed by atoms with E-state index in [9.17, 15) is 9.59 Å². The first kappa shape index (κ1) is 17.1. The Labute approximate surface area is 157 Å². The fraction of sp³-hybridized carbons (Fsp3) is 0.182. The molecule has 3 aromatic rings. The first-order valence-electron chi connectivity index (χ1n) is 8.94. The topological polar surface area (TPSA) is 62.6 Å². The molecule has 2 aromatic carbocycles. The molecule has 0 aliphatic carbocycles. The molecule has 1 aliphatic heterocycles. The van der Waals surface area contributed by atoms with E-state index >= 15 is 0 Å². The molecule has 1 aromatic heterocycles. The molecule has 0 saturated carbocycles. The molecule has 5 nitrogen and oxygen atoms in total. The predicted octanol–water partition coefficient (Wildman–Crippen LogP) is 3.97. The number of nitrogens with one attached hydrogen (secondary N) is 1. The van der Waals surface area contributed by atoms with Crippen molar-refractivity contribution in [2.75, 3.05) is 16.8 Å². The van der Waals surface area contributed by atoms with Crippen LogP contribution in [0.4, 0.5) is 11.4 Å². The van der Waals surface area contributed by atoms with Crippen LogP contribution in [0.5, 0.6) is 0 Å². The standard InChI is InChI=1S/C22H20N2O3/c1-15-4-2-5-16(12-15)13-21(25)23-18-8-7-17-9-10-24(19(17)14-18)22(26)20-6-3-11-27-20/h2-8,11-12,14H,9-10,13H2,1H3,(H,23,25). The fourth-order valence-electron chi connectivity index (χ4n) is 3.41. The van der Waals surface area contributed by atoms with Crippen molar-refractivity contribution in [3.05, 3.63) is 83.3 Å². The van der Waals surface area contributed by atoms with Gasteiger partial charge in [0.05, 0.1) is 12.7 Å². The lowest BCUT2D eigenvalue weighted by Gasteiger charge is -2.17. The average Bonchev–Trinajstić information content (AvgIpc) is 3.31. The van der Waals surface area contributed by atoms with Crippen molar-refractivity contribution in [2.45, 2.75) is 19.8 Å². The first-order valence-corrected chi connectivity index (χ1v) is 8.94. The third-order valence-corrected chi connectivity index (χ3v) is 4.69. The minimum absolute atomic E-state index is 0.0811. The van der Waals surface area contributed by atoms with Gasteiger partial charge in [0.2, 0.25) is 5.91 Å². The van der Waals surface area contributed by atoms with Crippen LogP contribution >= 0.6 is 0 Å². The molecule has 0 atom stereocenters. The van der Waals surface area contributed by atoms with Gasteiger partial charge in [-0.3, -0.25) is 9.59 Å². The Morgan fingerprint density at radius 3 is 2.78 bits per heavy atom. The lowest BCUT2D eigenvalue weighted by Crippen LogP contribution is -2.28. The molecule has 5 heteroatoms. The van der Waals surface area contributed by atoms with Gasteiger partial charge in [-0.1, -0.05) is 35.9 Å². The second-order valence-electron chi connectivity index (χ2n) is 6.74. The molecule has 2 amide bonds. The maximum absolute atomic E-state index is 12.6. The van der Waals surface area contributed by atoms with Gasteiger partial charge in [0.1, 0.15) is 0 Å². The molecule has 0 bridgehead atoms. The van der Waals surface area contributed by atoms with Crippen LogP contribution in [-0.4, -0.2) is 18.4 Å². The van der Waals surface area contributed by atoms with Crippen molar-refractivity contribution in [3.8, 4) is 0 Å². The van der Waals surface area contributed by atoms with Crippen molar-refractivity contribution in [1.29, 1.82) is 0 Å². The zero-order valence-electron chi connectivity index (χ0n) is 15.1. The molecule has 27 heavy (non-hydrogen) atoms. The molecule has 0 fully saturated rings. The summed E-state index contributed by atoms with van der Waals surface area (Å²) < 4.78 is 5.23. The van der Waals surface area contributed by atoms with Crippen LogP contribution in [-0.2, 0) is 17.6 Å². The van der Waals surface area contributed by atoms with E-state index in [4.69, 9.17) is 4.42 Å². The Morgan fingerprint density at radius 2 is 2.00 bits per heavy atom. The number of nitrogens with zero attached hydrogens (tertiary/aromatic N) is 1.